The number of benzene rings is 3. The van der Waals surface area contributed by atoms with Gasteiger partial charge in [-0.1, -0.05) is 0 Å². The molecule has 0 saturated carbocycles. The van der Waals surface area contributed by atoms with Gasteiger partial charge in [0.2, 0.25) is 5.82 Å². The van der Waals surface area contributed by atoms with E-state index in [0.717, 1.165) is 0 Å². The van der Waals surface area contributed by atoms with E-state index in [1.807, 2.05) is 0 Å². The lowest BCUT2D eigenvalue weighted by molar-refractivity contribution is -0.0139. The molecule has 0 fully saturated rings. The molecule has 3 rings (SSSR count). The van der Waals surface area contributed by atoms with Gasteiger partial charge in [-0.05, 0) is 0 Å². The van der Waals surface area contributed by atoms with Crippen LogP contribution >= 0.6 is 0 Å². The van der Waals surface area contributed by atoms with Gasteiger partial charge < -0.3 is 5.11 Å². The van der Waals surface area contributed by atoms with Crippen LogP contribution < -0.4 is 4.94 Å². The smallest absolute Gasteiger partial charge is 0.252 e. The highest BCUT2D eigenvalue weighted by Gasteiger charge is 2.33. The van der Waals surface area contributed by atoms with Gasteiger partial charge in [0.15, 0.2) is 34.8 Å². The van der Waals surface area contributed by atoms with Crippen molar-refractivity contribution in [3.05, 3.63) is 46.5 Å². The lowest BCUT2D eigenvalue weighted by Gasteiger charge is -2.13. The number of phenols is 1. The van der Waals surface area contributed by atoms with Gasteiger partial charge in [-0.2, -0.15) is 4.39 Å². The summed E-state index contributed by atoms with van der Waals surface area (Å²) < 4.78 is 122. The number of halogens is 9. The number of hydrogen-bond acceptors (Lipinski definition) is 2. The maximum atomic E-state index is 14.4. The Balaban J connectivity index is 2.79. The molecule has 1 N–H and O–H groups in total. The molecule has 0 aliphatic rings. The number of fused-ring (bicyclic) bond motifs is 2. The molecule has 3 aromatic rings. The molecule has 0 bridgehead atoms. The lowest BCUT2D eigenvalue weighted by atomic mass is 9.98. The van der Waals surface area contributed by atoms with Crippen LogP contribution in [0.25, 0.3) is 21.5 Å². The molecule has 11 heteroatoms. The van der Waals surface area contributed by atoms with Crippen LogP contribution in [0.4, 0.5) is 39.6 Å². The highest BCUT2D eigenvalue weighted by Crippen LogP contribution is 2.45. The van der Waals surface area contributed by atoms with Crippen LogP contribution in [0.5, 0.6) is 11.5 Å². The van der Waals surface area contributed by atoms with E-state index in [1.54, 1.807) is 0 Å². The van der Waals surface area contributed by atoms with Gasteiger partial charge in [0.1, 0.15) is 11.6 Å². The average Bonchev–Trinajstić information content (AvgIpc) is 2.57. The molecule has 25 heavy (non-hydrogen) atoms. The fourth-order valence-corrected chi connectivity index (χ4v) is 2.44. The average molecular weight is 372 g/mol. The number of hydrogen-bond donors (Lipinski definition) is 1. The molecule has 0 spiro atoms. The number of phenolic OH excluding ortho intramolecular Hbond substituents is 1. The minimum absolute atomic E-state index is 1.67. The van der Waals surface area contributed by atoms with Crippen molar-refractivity contribution in [2.45, 2.75) is 0 Å². The highest BCUT2D eigenvalue weighted by atomic mass is 19.3. The standard InChI is InChI=1S/C14HF9O2/c15-5-1-2(8(18)11(21)10(20)7(1)17)6(16)4-3(5)9(19)12(22)14(25-23)13(4)24/h24H. The molecule has 0 unspecified atom stereocenters. The van der Waals surface area contributed by atoms with E-state index in [-0.39, 0.29) is 0 Å². The molecule has 0 saturated heterocycles. The summed E-state index contributed by atoms with van der Waals surface area (Å²) in [4.78, 5) is 2.81. The zero-order chi connectivity index (χ0) is 18.8. The Morgan fingerprint density at radius 3 is 1.28 bits per heavy atom. The summed E-state index contributed by atoms with van der Waals surface area (Å²) in [5.41, 5.74) is 0. The van der Waals surface area contributed by atoms with E-state index in [1.165, 1.54) is 0 Å². The fraction of sp³-hybridized carbons (Fsp3) is 0. The number of rotatable bonds is 1. The summed E-state index contributed by atoms with van der Waals surface area (Å²) in [6.45, 7) is 0. The predicted molar refractivity (Wildman–Crippen MR) is 64.5 cm³/mol. The second kappa shape index (κ2) is 5.33. The third-order valence-corrected chi connectivity index (χ3v) is 3.54. The van der Waals surface area contributed by atoms with Crippen LogP contribution in [-0.4, -0.2) is 5.11 Å². The molecule has 0 aromatic heterocycles. The first-order valence-corrected chi connectivity index (χ1v) is 6.09. The third-order valence-electron chi connectivity index (χ3n) is 3.54. The van der Waals surface area contributed by atoms with E-state index in [0.29, 0.717) is 0 Å². The number of aromatic hydroxyl groups is 1. The Bertz CT molecular complexity index is 1080. The highest BCUT2D eigenvalue weighted by molar-refractivity contribution is 6.04. The molecule has 0 aliphatic carbocycles. The minimum Gasteiger partial charge on any atom is -0.504 e. The zero-order valence-corrected chi connectivity index (χ0v) is 11.3. The van der Waals surface area contributed by atoms with Gasteiger partial charge in [0.25, 0.3) is 5.75 Å². The Morgan fingerprint density at radius 1 is 0.480 bits per heavy atom. The summed E-state index contributed by atoms with van der Waals surface area (Å²) in [7, 11) is 0. The molecular formula is C14HF9O2. The normalized spacial score (nSPS) is 11.6. The van der Waals surface area contributed by atoms with Crippen LogP contribution in [0.15, 0.2) is 0 Å². The van der Waals surface area contributed by atoms with Crippen LogP contribution in [0.3, 0.4) is 0 Å². The molecule has 2 nitrogen and oxygen atoms in total. The fourth-order valence-electron chi connectivity index (χ4n) is 2.44. The van der Waals surface area contributed by atoms with E-state index in [9.17, 15) is 44.8 Å². The van der Waals surface area contributed by atoms with Crippen LogP contribution in [0.1, 0.15) is 0 Å². The zero-order valence-electron chi connectivity index (χ0n) is 11.3. The molecule has 0 atom stereocenters. The van der Waals surface area contributed by atoms with Crippen molar-refractivity contribution < 1.29 is 49.7 Å². The van der Waals surface area contributed by atoms with Gasteiger partial charge in [-0.15, -0.1) is 0 Å². The van der Waals surface area contributed by atoms with Gasteiger partial charge in [0, 0.05) is 4.53 Å². The summed E-state index contributed by atoms with van der Waals surface area (Å²) >= 11 is 0. The van der Waals surface area contributed by atoms with Gasteiger partial charge in [0.05, 0.1) is 21.5 Å². The van der Waals surface area contributed by atoms with Gasteiger partial charge >= 0.3 is 0 Å². The predicted octanol–water partition coefficient (Wildman–Crippen LogP) is 5.07. The second-order valence-corrected chi connectivity index (χ2v) is 4.77. The molecular weight excluding hydrogens is 371 g/mol. The van der Waals surface area contributed by atoms with Crippen molar-refractivity contribution in [3.8, 4) is 11.5 Å². The quantitative estimate of drug-likeness (QED) is 0.280. The van der Waals surface area contributed by atoms with Crippen LogP contribution in [-0.2, 0) is 0 Å². The maximum absolute atomic E-state index is 14.4. The van der Waals surface area contributed by atoms with Gasteiger partial charge in [-0.25, -0.2) is 30.7 Å². The molecule has 0 radical (unpaired) electrons. The molecule has 3 aromatic carbocycles. The van der Waals surface area contributed by atoms with Crippen LogP contribution in [0, 0.1) is 46.5 Å². The third kappa shape index (κ3) is 1.94. The van der Waals surface area contributed by atoms with E-state index in [2.05, 4.69) is 4.94 Å². The lowest BCUT2D eigenvalue weighted by Crippen LogP contribution is -2.05. The molecule has 0 aliphatic heterocycles. The first-order valence-electron chi connectivity index (χ1n) is 6.09. The first-order chi connectivity index (χ1) is 11.6. The second-order valence-electron chi connectivity index (χ2n) is 4.77. The molecule has 132 valence electrons. The van der Waals surface area contributed by atoms with Crippen LogP contribution in [0.2, 0.25) is 0 Å². The Labute approximate surface area is 130 Å². The monoisotopic (exact) mass is 372 g/mol. The Morgan fingerprint density at radius 2 is 0.840 bits per heavy atom. The van der Waals surface area contributed by atoms with Crippen molar-refractivity contribution in [3.63, 3.8) is 0 Å². The largest absolute Gasteiger partial charge is 0.504 e. The van der Waals surface area contributed by atoms with E-state index < -0.39 is 79.6 Å². The minimum atomic E-state index is -2.53. The summed E-state index contributed by atoms with van der Waals surface area (Å²) in [5, 5.41) is 2.38. The van der Waals surface area contributed by atoms with Crippen molar-refractivity contribution in [1.82, 2.24) is 0 Å². The summed E-state index contributed by atoms with van der Waals surface area (Å²) in [6.07, 6.45) is 0. The van der Waals surface area contributed by atoms with E-state index >= 15 is 0 Å². The molecule has 0 amide bonds. The summed E-state index contributed by atoms with van der Waals surface area (Å²) in [5.74, 6) is -22.8. The first kappa shape index (κ1) is 17.0. The molecule has 0 heterocycles. The summed E-state index contributed by atoms with van der Waals surface area (Å²) in [6, 6.07) is 0. The maximum Gasteiger partial charge on any atom is 0.252 e. The Hall–Kier alpha value is -2.85. The SMILES string of the molecule is Oc1c(OF)c(F)c(F)c2c(F)c3c(F)c(F)c(F)c(F)c3c(F)c12. The van der Waals surface area contributed by atoms with Crippen molar-refractivity contribution >= 4 is 21.5 Å². The Kier molecular flexibility index (Phi) is 3.62. The van der Waals surface area contributed by atoms with Crippen molar-refractivity contribution in [2.75, 3.05) is 0 Å². The van der Waals surface area contributed by atoms with Gasteiger partial charge in [-0.3, -0.25) is 4.94 Å². The van der Waals surface area contributed by atoms with E-state index in [4.69, 9.17) is 0 Å². The van der Waals surface area contributed by atoms with Crippen molar-refractivity contribution in [2.24, 2.45) is 0 Å². The van der Waals surface area contributed by atoms with Crippen molar-refractivity contribution in [1.29, 1.82) is 0 Å². The topological polar surface area (TPSA) is 29.5 Å².